The van der Waals surface area contributed by atoms with Gasteiger partial charge in [0, 0.05) is 17.3 Å². The zero-order chi connectivity index (χ0) is 15.0. The van der Waals surface area contributed by atoms with Crippen LogP contribution >= 0.6 is 0 Å². The first-order valence-corrected chi connectivity index (χ1v) is 7.20. The van der Waals surface area contributed by atoms with Gasteiger partial charge in [-0.25, -0.2) is 4.98 Å². The van der Waals surface area contributed by atoms with Gasteiger partial charge in [0.25, 0.3) is 0 Å². The van der Waals surface area contributed by atoms with Crippen molar-refractivity contribution in [3.05, 3.63) is 23.4 Å². The van der Waals surface area contributed by atoms with Crippen molar-refractivity contribution < 1.29 is 9.94 Å². The third-order valence-electron chi connectivity index (χ3n) is 3.34. The fraction of sp³-hybridized carbons (Fsp3) is 0.600. The summed E-state index contributed by atoms with van der Waals surface area (Å²) in [6.07, 6.45) is 4.69. The molecule has 1 heterocycles. The van der Waals surface area contributed by atoms with Crippen LogP contribution in [0.25, 0.3) is 0 Å². The van der Waals surface area contributed by atoms with Crippen molar-refractivity contribution >= 4 is 5.84 Å². The average Bonchev–Trinajstić information content (AvgIpc) is 2.46. The summed E-state index contributed by atoms with van der Waals surface area (Å²) < 4.78 is 5.77. The van der Waals surface area contributed by atoms with Crippen molar-refractivity contribution in [2.24, 2.45) is 16.8 Å². The van der Waals surface area contributed by atoms with Gasteiger partial charge in [-0.1, -0.05) is 38.3 Å². The van der Waals surface area contributed by atoms with E-state index < -0.39 is 0 Å². The molecule has 0 fully saturated rings. The van der Waals surface area contributed by atoms with E-state index >= 15 is 0 Å². The van der Waals surface area contributed by atoms with E-state index in [1.807, 2.05) is 6.92 Å². The smallest absolute Gasteiger partial charge is 0.214 e. The second-order valence-electron chi connectivity index (χ2n) is 5.05. The topological polar surface area (TPSA) is 80.7 Å². The first-order valence-electron chi connectivity index (χ1n) is 7.20. The van der Waals surface area contributed by atoms with E-state index in [4.69, 9.17) is 15.7 Å². The summed E-state index contributed by atoms with van der Waals surface area (Å²) >= 11 is 0. The zero-order valence-corrected chi connectivity index (χ0v) is 12.6. The highest BCUT2D eigenvalue weighted by Gasteiger charge is 2.09. The fourth-order valence-corrected chi connectivity index (χ4v) is 2.02. The summed E-state index contributed by atoms with van der Waals surface area (Å²) in [5.41, 5.74) is 7.00. The summed E-state index contributed by atoms with van der Waals surface area (Å²) in [4.78, 5) is 4.32. The molecule has 20 heavy (non-hydrogen) atoms. The molecule has 0 radical (unpaired) electrons. The molecule has 0 aromatic carbocycles. The lowest BCUT2D eigenvalue weighted by molar-refractivity contribution is 0.225. The number of oxime groups is 1. The molecule has 0 aliphatic heterocycles. The number of hydrogen-bond acceptors (Lipinski definition) is 4. The Morgan fingerprint density at radius 3 is 2.80 bits per heavy atom. The maximum atomic E-state index is 8.73. The second-order valence-corrected chi connectivity index (χ2v) is 5.05. The van der Waals surface area contributed by atoms with Crippen LogP contribution < -0.4 is 10.5 Å². The number of aryl methyl sites for hydroxylation is 1. The molecule has 1 rings (SSSR count). The largest absolute Gasteiger partial charge is 0.477 e. The van der Waals surface area contributed by atoms with Crippen LogP contribution in [0.2, 0.25) is 0 Å². The number of pyridine rings is 1. The Balaban J connectivity index is 2.69. The molecule has 1 unspecified atom stereocenters. The molecule has 0 saturated carbocycles. The van der Waals surface area contributed by atoms with Gasteiger partial charge in [-0.05, 0) is 25.3 Å². The zero-order valence-electron chi connectivity index (χ0n) is 12.6. The summed E-state index contributed by atoms with van der Waals surface area (Å²) in [7, 11) is 0. The molecule has 0 saturated heterocycles. The highest BCUT2D eigenvalue weighted by Crippen LogP contribution is 2.17. The van der Waals surface area contributed by atoms with Crippen molar-refractivity contribution in [2.45, 2.75) is 46.5 Å². The van der Waals surface area contributed by atoms with E-state index in [2.05, 4.69) is 24.0 Å². The van der Waals surface area contributed by atoms with Gasteiger partial charge in [-0.3, -0.25) is 0 Å². The van der Waals surface area contributed by atoms with Crippen molar-refractivity contribution in [3.8, 4) is 5.88 Å². The summed E-state index contributed by atoms with van der Waals surface area (Å²) in [6, 6.07) is 3.46. The number of aromatic nitrogens is 1. The van der Waals surface area contributed by atoms with Gasteiger partial charge in [0.1, 0.15) is 0 Å². The second kappa shape index (κ2) is 8.40. The predicted octanol–water partition coefficient (Wildman–Crippen LogP) is 3.08. The number of amidine groups is 1. The number of nitrogens with zero attached hydrogens (tertiary/aromatic N) is 2. The summed E-state index contributed by atoms with van der Waals surface area (Å²) in [6.45, 7) is 6.88. The molecule has 112 valence electrons. The average molecular weight is 279 g/mol. The van der Waals surface area contributed by atoms with Gasteiger partial charge >= 0.3 is 0 Å². The maximum absolute atomic E-state index is 8.73. The Bertz CT molecular complexity index is 447. The fourth-order valence-electron chi connectivity index (χ4n) is 2.02. The minimum absolute atomic E-state index is 0.0679. The third kappa shape index (κ3) is 5.07. The summed E-state index contributed by atoms with van der Waals surface area (Å²) in [5, 5.41) is 11.7. The van der Waals surface area contributed by atoms with Crippen molar-refractivity contribution in [1.29, 1.82) is 0 Å². The number of hydrogen-bond donors (Lipinski definition) is 2. The molecule has 1 atom stereocenters. The van der Waals surface area contributed by atoms with Gasteiger partial charge in [-0.15, -0.1) is 0 Å². The molecular formula is C15H25N3O2. The monoisotopic (exact) mass is 279 g/mol. The van der Waals surface area contributed by atoms with Crippen LogP contribution in [0.3, 0.4) is 0 Å². The van der Waals surface area contributed by atoms with Crippen LogP contribution in [0.5, 0.6) is 5.88 Å². The molecule has 0 bridgehead atoms. The van der Waals surface area contributed by atoms with Gasteiger partial charge in [0.05, 0.1) is 6.61 Å². The van der Waals surface area contributed by atoms with Gasteiger partial charge in [-0.2, -0.15) is 0 Å². The Kier molecular flexibility index (Phi) is 6.84. The molecule has 0 aliphatic carbocycles. The first kappa shape index (κ1) is 16.3. The van der Waals surface area contributed by atoms with Crippen LogP contribution in [0.15, 0.2) is 17.3 Å². The Hall–Kier alpha value is -1.78. The Morgan fingerprint density at radius 2 is 2.20 bits per heavy atom. The van der Waals surface area contributed by atoms with Crippen molar-refractivity contribution in [1.82, 2.24) is 4.98 Å². The lowest BCUT2D eigenvalue weighted by Gasteiger charge is -2.15. The molecule has 3 N–H and O–H groups in total. The Labute approximate surface area is 120 Å². The quantitative estimate of drug-likeness (QED) is 0.331. The number of ether oxygens (including phenoxy) is 1. The number of rotatable bonds is 8. The third-order valence-corrected chi connectivity index (χ3v) is 3.34. The Morgan fingerprint density at radius 1 is 1.45 bits per heavy atom. The van der Waals surface area contributed by atoms with Gasteiger partial charge in [0.15, 0.2) is 5.84 Å². The maximum Gasteiger partial charge on any atom is 0.214 e. The van der Waals surface area contributed by atoms with E-state index in [1.165, 1.54) is 19.3 Å². The minimum atomic E-state index is 0.0679. The molecular weight excluding hydrogens is 254 g/mol. The predicted molar refractivity (Wildman–Crippen MR) is 80.3 cm³/mol. The number of nitrogens with two attached hydrogens (primary N) is 1. The van der Waals surface area contributed by atoms with Crippen LogP contribution in [0.4, 0.5) is 0 Å². The molecule has 0 amide bonds. The standard InChI is InChI=1S/C15H25N3O2/c1-4-6-7-12(5-2)10-20-14-9-13(15(16)18-19)8-11(3)17-14/h8-9,12,19H,4-7,10H2,1-3H3,(H2,16,18). The van der Waals surface area contributed by atoms with Crippen molar-refractivity contribution in [3.63, 3.8) is 0 Å². The first-order chi connectivity index (χ1) is 9.60. The highest BCUT2D eigenvalue weighted by atomic mass is 16.5. The van der Waals surface area contributed by atoms with Crippen LogP contribution in [0, 0.1) is 12.8 Å². The molecule has 1 aromatic rings. The van der Waals surface area contributed by atoms with E-state index in [0.29, 0.717) is 24.0 Å². The lowest BCUT2D eigenvalue weighted by Crippen LogP contribution is -2.15. The molecule has 5 nitrogen and oxygen atoms in total. The summed E-state index contributed by atoms with van der Waals surface area (Å²) in [5.74, 6) is 1.14. The van der Waals surface area contributed by atoms with Crippen LogP contribution in [-0.4, -0.2) is 22.6 Å². The van der Waals surface area contributed by atoms with E-state index in [9.17, 15) is 0 Å². The SMILES string of the molecule is CCCCC(CC)COc1cc(/C(N)=N/O)cc(C)n1. The molecule has 5 heteroatoms. The molecule has 0 spiro atoms. The minimum Gasteiger partial charge on any atom is -0.477 e. The lowest BCUT2D eigenvalue weighted by atomic mass is 10.0. The van der Waals surface area contributed by atoms with Crippen molar-refractivity contribution in [2.75, 3.05) is 6.61 Å². The normalized spacial score (nSPS) is 13.2. The molecule has 1 aromatic heterocycles. The molecule has 0 aliphatic rings. The van der Waals surface area contributed by atoms with Gasteiger partial charge in [0.2, 0.25) is 5.88 Å². The van der Waals surface area contributed by atoms with E-state index in [-0.39, 0.29) is 5.84 Å². The number of unbranched alkanes of at least 4 members (excludes halogenated alkanes) is 1. The van der Waals surface area contributed by atoms with Gasteiger partial charge < -0.3 is 15.7 Å². The van der Waals surface area contributed by atoms with E-state index in [1.54, 1.807) is 12.1 Å². The van der Waals surface area contributed by atoms with Crippen LogP contribution in [-0.2, 0) is 0 Å². The van der Waals surface area contributed by atoms with E-state index in [0.717, 1.165) is 12.1 Å². The van der Waals surface area contributed by atoms with Crippen LogP contribution in [0.1, 0.15) is 50.8 Å². The highest BCUT2D eigenvalue weighted by molar-refractivity contribution is 5.97.